The van der Waals surface area contributed by atoms with Crippen molar-refractivity contribution in [2.24, 2.45) is 4.99 Å². The van der Waals surface area contributed by atoms with Crippen LogP contribution >= 0.6 is 51.3 Å². The van der Waals surface area contributed by atoms with E-state index < -0.39 is 5.56 Å². The van der Waals surface area contributed by atoms with Crippen LogP contribution in [0.3, 0.4) is 0 Å². The molecule has 0 unspecified atom stereocenters. The van der Waals surface area contributed by atoms with E-state index in [0.29, 0.717) is 16.3 Å². The molecule has 1 aliphatic rings. The standard InChI is InChI=1S/C19H10BrCl2N3O2S/c20-10-4-5-14-11(7-10)9(8-23-14)6-12-17(26)24-19(28)25(18(12)27)15-3-1-2-13(21)16(15)22/h1-8,27H,(H,24,26,28). The Hall–Kier alpha value is -2.19. The Morgan fingerprint density at radius 1 is 1.25 bits per heavy atom. The highest BCUT2D eigenvalue weighted by atomic mass is 79.9. The van der Waals surface area contributed by atoms with Crippen molar-refractivity contribution < 1.29 is 5.11 Å². The summed E-state index contributed by atoms with van der Waals surface area (Å²) >= 11 is 21.0. The third-order valence-electron chi connectivity index (χ3n) is 4.21. The highest BCUT2D eigenvalue weighted by Gasteiger charge is 2.18. The zero-order valence-electron chi connectivity index (χ0n) is 13.9. The number of aliphatic imine (C=N–C) groups is 1. The minimum Gasteiger partial charge on any atom is -0.494 e. The molecule has 2 aromatic carbocycles. The van der Waals surface area contributed by atoms with E-state index in [0.717, 1.165) is 15.7 Å². The van der Waals surface area contributed by atoms with Crippen LogP contribution in [-0.2, 0) is 0 Å². The van der Waals surface area contributed by atoms with Crippen molar-refractivity contribution in [2.75, 3.05) is 0 Å². The van der Waals surface area contributed by atoms with Gasteiger partial charge in [-0.05, 0) is 48.6 Å². The van der Waals surface area contributed by atoms with E-state index in [4.69, 9.17) is 35.4 Å². The molecule has 9 heteroatoms. The van der Waals surface area contributed by atoms with Crippen molar-refractivity contribution in [3.63, 3.8) is 0 Å². The molecule has 0 fully saturated rings. The first kappa shape index (κ1) is 19.1. The molecule has 2 heterocycles. The fourth-order valence-corrected chi connectivity index (χ4v) is 3.91. The number of halogens is 3. The summed E-state index contributed by atoms with van der Waals surface area (Å²) in [5, 5.41) is 11.4. The van der Waals surface area contributed by atoms with Crippen molar-refractivity contribution in [3.05, 3.63) is 77.2 Å². The van der Waals surface area contributed by atoms with Gasteiger partial charge in [-0.2, -0.15) is 0 Å². The minimum atomic E-state index is -0.527. The van der Waals surface area contributed by atoms with Gasteiger partial charge in [0.1, 0.15) is 5.56 Å². The second-order valence-electron chi connectivity index (χ2n) is 5.92. The Bertz CT molecular complexity index is 1310. The van der Waals surface area contributed by atoms with E-state index in [1.54, 1.807) is 30.5 Å². The summed E-state index contributed by atoms with van der Waals surface area (Å²) in [6, 6.07) is 10.6. The number of aromatic amines is 1. The maximum atomic E-state index is 12.5. The molecule has 0 spiro atoms. The molecule has 0 saturated heterocycles. The first-order chi connectivity index (χ1) is 13.4. The molecule has 5 nitrogen and oxygen atoms in total. The van der Waals surface area contributed by atoms with Crippen molar-refractivity contribution in [3.8, 4) is 11.6 Å². The van der Waals surface area contributed by atoms with Gasteiger partial charge < -0.3 is 5.11 Å². The highest BCUT2D eigenvalue weighted by molar-refractivity contribution is 9.10. The lowest BCUT2D eigenvalue weighted by atomic mass is 10.1. The normalized spacial score (nSPS) is 13.9. The van der Waals surface area contributed by atoms with Crippen LogP contribution in [-0.4, -0.2) is 20.9 Å². The summed E-state index contributed by atoms with van der Waals surface area (Å²) in [4.78, 5) is 19.4. The second kappa shape index (κ2) is 7.33. The molecule has 1 aliphatic heterocycles. The molecule has 0 saturated carbocycles. The van der Waals surface area contributed by atoms with Gasteiger partial charge in [-0.25, -0.2) is 0 Å². The van der Waals surface area contributed by atoms with E-state index in [2.05, 4.69) is 25.9 Å². The molecule has 2 N–H and O–H groups in total. The van der Waals surface area contributed by atoms with Gasteiger partial charge >= 0.3 is 0 Å². The van der Waals surface area contributed by atoms with Crippen LogP contribution in [0.15, 0.2) is 50.7 Å². The molecule has 0 atom stereocenters. The minimum absolute atomic E-state index is 0.00273. The number of hydrogen-bond donors (Lipinski definition) is 2. The summed E-state index contributed by atoms with van der Waals surface area (Å²) in [6.07, 6.45) is 3.19. The molecule has 0 bridgehead atoms. The summed E-state index contributed by atoms with van der Waals surface area (Å²) in [7, 11) is 0. The smallest absolute Gasteiger partial charge is 0.262 e. The average Bonchev–Trinajstić information content (AvgIpc) is 3.04. The average molecular weight is 495 g/mol. The molecular formula is C19H10BrCl2N3O2S. The molecule has 28 heavy (non-hydrogen) atoms. The molecular weight excluding hydrogens is 485 g/mol. The van der Waals surface area contributed by atoms with Crippen LogP contribution in [0.2, 0.25) is 10.0 Å². The molecule has 3 aromatic rings. The quantitative estimate of drug-likeness (QED) is 0.434. The van der Waals surface area contributed by atoms with Gasteiger partial charge in [0, 0.05) is 21.8 Å². The lowest BCUT2D eigenvalue weighted by molar-refractivity contribution is 0.432. The summed E-state index contributed by atoms with van der Waals surface area (Å²) in [6.45, 7) is 0. The highest BCUT2D eigenvalue weighted by Crippen LogP contribution is 2.36. The zero-order valence-corrected chi connectivity index (χ0v) is 17.8. The first-order valence-electron chi connectivity index (χ1n) is 7.95. The number of H-pyrrole nitrogens is 1. The van der Waals surface area contributed by atoms with Gasteiger partial charge in [-0.1, -0.05) is 45.2 Å². The Labute approximate surface area is 182 Å². The fourth-order valence-electron chi connectivity index (χ4n) is 2.89. The van der Waals surface area contributed by atoms with Crippen LogP contribution < -0.4 is 5.56 Å². The van der Waals surface area contributed by atoms with E-state index >= 15 is 0 Å². The van der Waals surface area contributed by atoms with Gasteiger partial charge in [0.25, 0.3) is 5.56 Å². The molecule has 140 valence electrons. The van der Waals surface area contributed by atoms with Gasteiger partial charge in [0.05, 0.1) is 21.4 Å². The van der Waals surface area contributed by atoms with Gasteiger partial charge in [0.2, 0.25) is 5.88 Å². The summed E-state index contributed by atoms with van der Waals surface area (Å²) in [5.74, 6) is -0.345. The van der Waals surface area contributed by atoms with Gasteiger partial charge in [-0.3, -0.25) is 19.3 Å². The van der Waals surface area contributed by atoms with Crippen molar-refractivity contribution in [1.29, 1.82) is 0 Å². The van der Waals surface area contributed by atoms with Crippen LogP contribution in [0.25, 0.3) is 17.3 Å². The molecule has 0 radical (unpaired) electrons. The second-order valence-corrected chi connectivity index (χ2v) is 8.01. The van der Waals surface area contributed by atoms with Crippen molar-refractivity contribution in [2.45, 2.75) is 0 Å². The van der Waals surface area contributed by atoms with E-state index in [-0.39, 0.29) is 21.2 Å². The number of nitrogens with zero attached hydrogens (tertiary/aromatic N) is 2. The fraction of sp³-hybridized carbons (Fsp3) is 0. The van der Waals surface area contributed by atoms with Gasteiger partial charge in [0.15, 0.2) is 4.77 Å². The van der Waals surface area contributed by atoms with E-state index in [1.165, 1.54) is 4.57 Å². The number of allylic oxidation sites excluding steroid dienone is 1. The first-order valence-corrected chi connectivity index (χ1v) is 9.91. The van der Waals surface area contributed by atoms with Gasteiger partial charge in [-0.15, -0.1) is 0 Å². The number of aromatic nitrogens is 2. The summed E-state index contributed by atoms with van der Waals surface area (Å²) < 4.78 is 2.14. The van der Waals surface area contributed by atoms with Crippen LogP contribution in [0.5, 0.6) is 5.88 Å². The van der Waals surface area contributed by atoms with Crippen molar-refractivity contribution in [1.82, 2.24) is 9.55 Å². The van der Waals surface area contributed by atoms with Crippen LogP contribution in [0, 0.1) is 4.77 Å². The Morgan fingerprint density at radius 3 is 2.82 bits per heavy atom. The molecule has 4 rings (SSSR count). The Balaban J connectivity index is 1.95. The topological polar surface area (TPSA) is 70.4 Å². The number of rotatable bonds is 2. The Kier molecular flexibility index (Phi) is 5.01. The van der Waals surface area contributed by atoms with E-state index in [1.807, 2.05) is 18.2 Å². The van der Waals surface area contributed by atoms with Crippen molar-refractivity contribution >= 4 is 74.9 Å². The molecule has 1 aromatic heterocycles. The number of benzene rings is 2. The lowest BCUT2D eigenvalue weighted by Gasteiger charge is -2.13. The largest absolute Gasteiger partial charge is 0.494 e. The number of aromatic hydroxyl groups is 1. The third-order valence-corrected chi connectivity index (χ3v) is 5.79. The predicted molar refractivity (Wildman–Crippen MR) is 119 cm³/mol. The molecule has 0 amide bonds. The summed E-state index contributed by atoms with van der Waals surface area (Å²) in [5.41, 5.74) is 2.15. The SMILES string of the molecule is O=c1[nH]c(=S)n(-c2cccc(Cl)c2Cl)c(O)c1C=C1C=Nc2ccc(Br)cc21. The monoisotopic (exact) mass is 493 g/mol. The van der Waals surface area contributed by atoms with Crippen LogP contribution in [0.1, 0.15) is 11.1 Å². The van der Waals surface area contributed by atoms with Crippen LogP contribution in [0.4, 0.5) is 5.69 Å². The maximum Gasteiger partial charge on any atom is 0.262 e. The molecule has 0 aliphatic carbocycles. The predicted octanol–water partition coefficient (Wildman–Crippen LogP) is 5.93. The Morgan fingerprint density at radius 2 is 2.04 bits per heavy atom. The lowest BCUT2D eigenvalue weighted by Crippen LogP contribution is -2.16. The van der Waals surface area contributed by atoms with E-state index in [9.17, 15) is 9.90 Å². The number of fused-ring (bicyclic) bond motifs is 1. The third kappa shape index (κ3) is 3.24. The zero-order chi connectivity index (χ0) is 20.0. The number of nitrogens with one attached hydrogen (secondary N) is 1. The maximum absolute atomic E-state index is 12.5. The number of hydrogen-bond acceptors (Lipinski definition) is 4.